The van der Waals surface area contributed by atoms with Crippen molar-refractivity contribution in [3.63, 3.8) is 0 Å². The first-order valence-electron chi connectivity index (χ1n) is 7.08. The number of likely N-dealkylation sites (N-methyl/N-ethyl adjacent to an activating group) is 1. The Morgan fingerprint density at radius 1 is 1.20 bits per heavy atom. The summed E-state index contributed by atoms with van der Waals surface area (Å²) in [4.78, 5) is 12.8. The van der Waals surface area contributed by atoms with E-state index in [1.807, 2.05) is 31.3 Å². The first kappa shape index (κ1) is 16.9. The van der Waals surface area contributed by atoms with Crippen LogP contribution in [0.5, 0.6) is 0 Å². The highest BCUT2D eigenvalue weighted by Crippen LogP contribution is 2.36. The molecule has 20 heavy (non-hydrogen) atoms. The second-order valence-corrected chi connectivity index (χ2v) is 11.5. The molecule has 1 aromatic rings. The molecule has 1 rings (SSSR count). The molecule has 0 aliphatic carbocycles. The predicted octanol–water partition coefficient (Wildman–Crippen LogP) is 3.96. The molecule has 4 heteroatoms. The van der Waals surface area contributed by atoms with E-state index in [9.17, 15) is 4.79 Å². The predicted molar refractivity (Wildman–Crippen MR) is 88.2 cm³/mol. The van der Waals surface area contributed by atoms with Crippen LogP contribution in [0.1, 0.15) is 31.1 Å². The van der Waals surface area contributed by atoms with Crippen molar-refractivity contribution < 1.29 is 9.22 Å². The summed E-state index contributed by atoms with van der Waals surface area (Å²) in [6.07, 6.45) is 0.865. The number of rotatable bonds is 6. The Labute approximate surface area is 124 Å². The van der Waals surface area contributed by atoms with Gasteiger partial charge in [-0.15, -0.1) is 0 Å². The van der Waals surface area contributed by atoms with Crippen molar-refractivity contribution in [1.82, 2.24) is 0 Å². The van der Waals surface area contributed by atoms with Crippen molar-refractivity contribution >= 4 is 20.3 Å². The molecule has 1 aromatic carbocycles. The Morgan fingerprint density at radius 3 is 2.20 bits per heavy atom. The monoisotopic (exact) mass is 293 g/mol. The minimum absolute atomic E-state index is 0.247. The van der Waals surface area contributed by atoms with Crippen LogP contribution in [0.4, 0.5) is 5.69 Å². The van der Waals surface area contributed by atoms with E-state index in [1.54, 1.807) is 0 Å². The molecule has 0 unspecified atom stereocenters. The Hall–Kier alpha value is -1.13. The van der Waals surface area contributed by atoms with Crippen LogP contribution in [0.25, 0.3) is 0 Å². The zero-order valence-electron chi connectivity index (χ0n) is 13.6. The minimum Gasteiger partial charge on any atom is -0.415 e. The summed E-state index contributed by atoms with van der Waals surface area (Å²) in [5.74, 6) is 0. The molecular formula is C16H27NO2Si. The number of benzene rings is 1. The molecule has 112 valence electrons. The van der Waals surface area contributed by atoms with Crippen molar-refractivity contribution in [3.8, 4) is 0 Å². The number of nitrogens with zero attached hydrogens (tertiary/aromatic N) is 1. The van der Waals surface area contributed by atoms with Crippen molar-refractivity contribution in [2.45, 2.75) is 38.9 Å². The lowest BCUT2D eigenvalue weighted by molar-refractivity contribution is 0.112. The molecule has 0 heterocycles. The van der Waals surface area contributed by atoms with Gasteiger partial charge >= 0.3 is 0 Å². The molecule has 0 amide bonds. The zero-order chi connectivity index (χ0) is 15.4. The van der Waals surface area contributed by atoms with Gasteiger partial charge in [-0.2, -0.15) is 0 Å². The van der Waals surface area contributed by atoms with Gasteiger partial charge in [0.25, 0.3) is 0 Å². The van der Waals surface area contributed by atoms with Crippen LogP contribution in [0.2, 0.25) is 18.1 Å². The Kier molecular flexibility index (Phi) is 5.54. The molecule has 0 aliphatic rings. The maximum Gasteiger partial charge on any atom is 0.192 e. The maximum atomic E-state index is 10.6. The summed E-state index contributed by atoms with van der Waals surface area (Å²) in [7, 11) is 0.386. The molecule has 0 fully saturated rings. The van der Waals surface area contributed by atoms with Crippen molar-refractivity contribution in [1.29, 1.82) is 0 Å². The van der Waals surface area contributed by atoms with E-state index in [4.69, 9.17) is 4.43 Å². The van der Waals surface area contributed by atoms with E-state index in [1.165, 1.54) is 0 Å². The average Bonchev–Trinajstić information content (AvgIpc) is 2.37. The molecule has 0 atom stereocenters. The van der Waals surface area contributed by atoms with E-state index >= 15 is 0 Å². The van der Waals surface area contributed by atoms with Crippen LogP contribution in [0.15, 0.2) is 24.3 Å². The largest absolute Gasteiger partial charge is 0.415 e. The molecular weight excluding hydrogens is 266 g/mol. The second kappa shape index (κ2) is 6.55. The molecule has 0 aliphatic heterocycles. The molecule has 0 spiro atoms. The van der Waals surface area contributed by atoms with Gasteiger partial charge in [-0.25, -0.2) is 0 Å². The SMILES string of the molecule is CN(CCO[Si](C)(C)C(C)(C)C)c1ccc(C=O)cc1. The Morgan fingerprint density at radius 2 is 1.75 bits per heavy atom. The normalized spacial score (nSPS) is 12.3. The summed E-state index contributed by atoms with van der Waals surface area (Å²) in [5, 5.41) is 0.247. The van der Waals surface area contributed by atoms with E-state index in [0.29, 0.717) is 5.56 Å². The standard InChI is InChI=1S/C16H27NO2Si/c1-16(2,3)20(5,6)19-12-11-17(4)15-9-7-14(13-18)8-10-15/h7-10,13H,11-12H2,1-6H3. The molecule has 0 bridgehead atoms. The van der Waals surface area contributed by atoms with Crippen LogP contribution in [0, 0.1) is 0 Å². The number of hydrogen-bond acceptors (Lipinski definition) is 3. The molecule has 0 saturated carbocycles. The van der Waals surface area contributed by atoms with E-state index in [2.05, 4.69) is 38.8 Å². The summed E-state index contributed by atoms with van der Waals surface area (Å²) in [5.41, 5.74) is 1.81. The number of aldehydes is 1. The van der Waals surface area contributed by atoms with Gasteiger partial charge in [0, 0.05) is 24.8 Å². The van der Waals surface area contributed by atoms with Crippen LogP contribution < -0.4 is 4.90 Å². The molecule has 0 aromatic heterocycles. The van der Waals surface area contributed by atoms with Crippen LogP contribution in [-0.4, -0.2) is 34.8 Å². The molecule has 0 radical (unpaired) electrons. The third kappa shape index (κ3) is 4.46. The number of hydrogen-bond donors (Lipinski definition) is 0. The summed E-state index contributed by atoms with van der Waals surface area (Å²) in [6.45, 7) is 12.9. The fourth-order valence-electron chi connectivity index (χ4n) is 1.59. The third-order valence-corrected chi connectivity index (χ3v) is 8.70. The van der Waals surface area contributed by atoms with Crippen LogP contribution >= 0.6 is 0 Å². The molecule has 3 nitrogen and oxygen atoms in total. The van der Waals surface area contributed by atoms with Gasteiger partial charge in [-0.3, -0.25) is 4.79 Å². The first-order valence-corrected chi connectivity index (χ1v) is 9.98. The van der Waals surface area contributed by atoms with Crippen molar-refractivity contribution in [2.75, 3.05) is 25.1 Å². The van der Waals surface area contributed by atoms with E-state index in [0.717, 1.165) is 25.1 Å². The fourth-order valence-corrected chi connectivity index (χ4v) is 2.63. The van der Waals surface area contributed by atoms with Gasteiger partial charge in [0.15, 0.2) is 8.32 Å². The minimum atomic E-state index is -1.66. The number of carbonyl (C=O) groups is 1. The fraction of sp³-hybridized carbons (Fsp3) is 0.562. The highest BCUT2D eigenvalue weighted by atomic mass is 28.4. The van der Waals surface area contributed by atoms with Gasteiger partial charge in [0.2, 0.25) is 0 Å². The van der Waals surface area contributed by atoms with Gasteiger partial charge in [0.1, 0.15) is 6.29 Å². The molecule has 0 saturated heterocycles. The maximum absolute atomic E-state index is 10.6. The Bertz CT molecular complexity index is 435. The quantitative estimate of drug-likeness (QED) is 0.587. The van der Waals surface area contributed by atoms with Gasteiger partial charge in [-0.1, -0.05) is 20.8 Å². The summed E-state index contributed by atoms with van der Waals surface area (Å²) >= 11 is 0. The molecule has 0 N–H and O–H groups in total. The van der Waals surface area contributed by atoms with Gasteiger partial charge < -0.3 is 9.33 Å². The van der Waals surface area contributed by atoms with Crippen LogP contribution in [0.3, 0.4) is 0 Å². The van der Waals surface area contributed by atoms with Crippen molar-refractivity contribution in [2.24, 2.45) is 0 Å². The topological polar surface area (TPSA) is 29.5 Å². The summed E-state index contributed by atoms with van der Waals surface area (Å²) < 4.78 is 6.17. The van der Waals surface area contributed by atoms with E-state index in [-0.39, 0.29) is 5.04 Å². The highest BCUT2D eigenvalue weighted by Gasteiger charge is 2.36. The Balaban J connectivity index is 2.51. The second-order valence-electron chi connectivity index (χ2n) is 6.74. The smallest absolute Gasteiger partial charge is 0.192 e. The van der Waals surface area contributed by atoms with Crippen molar-refractivity contribution in [3.05, 3.63) is 29.8 Å². The number of anilines is 1. The highest BCUT2D eigenvalue weighted by molar-refractivity contribution is 6.74. The van der Waals surface area contributed by atoms with Gasteiger partial charge in [0.05, 0.1) is 6.61 Å². The zero-order valence-corrected chi connectivity index (χ0v) is 14.6. The average molecular weight is 293 g/mol. The lowest BCUT2D eigenvalue weighted by Crippen LogP contribution is -2.42. The lowest BCUT2D eigenvalue weighted by atomic mass is 10.2. The first-order chi connectivity index (χ1) is 9.17. The van der Waals surface area contributed by atoms with Gasteiger partial charge in [-0.05, 0) is 42.4 Å². The lowest BCUT2D eigenvalue weighted by Gasteiger charge is -2.36. The summed E-state index contributed by atoms with van der Waals surface area (Å²) in [6, 6.07) is 7.62. The number of carbonyl (C=O) groups excluding carboxylic acids is 1. The van der Waals surface area contributed by atoms with Crippen LogP contribution in [-0.2, 0) is 4.43 Å². The van der Waals surface area contributed by atoms with E-state index < -0.39 is 8.32 Å². The third-order valence-electron chi connectivity index (χ3n) is 4.17.